The van der Waals surface area contributed by atoms with E-state index in [-0.39, 0.29) is 5.56 Å². The first-order chi connectivity index (χ1) is 9.61. The molecule has 5 heteroatoms. The topological polar surface area (TPSA) is 72.8 Å². The largest absolute Gasteiger partial charge is 0.383 e. The Bertz CT molecular complexity index is 724. The molecule has 2 rings (SSSR count). The van der Waals surface area contributed by atoms with Crippen molar-refractivity contribution in [1.29, 1.82) is 5.26 Å². The Labute approximate surface area is 116 Å². The molecule has 0 aliphatic heterocycles. The van der Waals surface area contributed by atoms with E-state index in [1.54, 1.807) is 24.5 Å². The Morgan fingerprint density at radius 3 is 2.85 bits per heavy atom. The van der Waals surface area contributed by atoms with Crippen LogP contribution in [0.2, 0.25) is 0 Å². The fourth-order valence-corrected chi connectivity index (χ4v) is 1.74. The van der Waals surface area contributed by atoms with Gasteiger partial charge in [0.1, 0.15) is 11.6 Å². The third kappa shape index (κ3) is 2.93. The fraction of sp³-hybridized carbons (Fsp3) is 0.133. The van der Waals surface area contributed by atoms with E-state index in [9.17, 15) is 4.79 Å². The molecule has 0 aliphatic carbocycles. The molecule has 2 aromatic rings. The molecule has 100 valence electrons. The predicted octanol–water partition coefficient (Wildman–Crippen LogP) is 1.84. The molecule has 0 radical (unpaired) electrons. The quantitative estimate of drug-likeness (QED) is 0.920. The van der Waals surface area contributed by atoms with Crippen LogP contribution < -0.4 is 5.56 Å². The second kappa shape index (κ2) is 5.85. The smallest absolute Gasteiger partial charge is 0.266 e. The molecular weight excluding hydrogens is 252 g/mol. The van der Waals surface area contributed by atoms with Crippen molar-refractivity contribution < 1.29 is 0 Å². The van der Waals surface area contributed by atoms with Crippen LogP contribution >= 0.6 is 0 Å². The van der Waals surface area contributed by atoms with Gasteiger partial charge in [0, 0.05) is 43.8 Å². The molecule has 0 unspecified atom stereocenters. The molecular formula is C15H14N4O. The van der Waals surface area contributed by atoms with Crippen LogP contribution in [0.25, 0.3) is 17.2 Å². The summed E-state index contributed by atoms with van der Waals surface area (Å²) in [6.07, 6.45) is 7.00. The number of nitrogens with one attached hydrogen (secondary N) is 1. The number of hydrogen-bond donors (Lipinski definition) is 1. The van der Waals surface area contributed by atoms with Crippen molar-refractivity contribution >= 4 is 6.08 Å². The number of pyridine rings is 2. The van der Waals surface area contributed by atoms with Crippen molar-refractivity contribution in [2.45, 2.75) is 0 Å². The molecule has 0 atom stereocenters. The lowest BCUT2D eigenvalue weighted by atomic mass is 10.0. The summed E-state index contributed by atoms with van der Waals surface area (Å²) in [5.41, 5.74) is 1.96. The van der Waals surface area contributed by atoms with Crippen LogP contribution in [0.3, 0.4) is 0 Å². The van der Waals surface area contributed by atoms with Crippen LogP contribution in [0.1, 0.15) is 11.3 Å². The minimum absolute atomic E-state index is 0.0888. The molecule has 0 saturated heterocycles. The van der Waals surface area contributed by atoms with Gasteiger partial charge in [0.25, 0.3) is 5.56 Å². The summed E-state index contributed by atoms with van der Waals surface area (Å²) < 4.78 is 0. The van der Waals surface area contributed by atoms with Gasteiger partial charge in [0.2, 0.25) is 0 Å². The maximum atomic E-state index is 11.8. The second-order valence-electron chi connectivity index (χ2n) is 4.47. The van der Waals surface area contributed by atoms with Gasteiger partial charge in [-0.15, -0.1) is 0 Å². The monoisotopic (exact) mass is 266 g/mol. The molecule has 0 amide bonds. The molecule has 0 spiro atoms. The number of aromatic amines is 1. The van der Waals surface area contributed by atoms with E-state index in [0.717, 1.165) is 11.1 Å². The van der Waals surface area contributed by atoms with Crippen molar-refractivity contribution in [2.24, 2.45) is 0 Å². The third-order valence-corrected chi connectivity index (χ3v) is 2.70. The lowest BCUT2D eigenvalue weighted by Gasteiger charge is -2.08. The van der Waals surface area contributed by atoms with Crippen LogP contribution in [0.15, 0.2) is 41.6 Å². The first-order valence-electron chi connectivity index (χ1n) is 6.04. The highest BCUT2D eigenvalue weighted by atomic mass is 16.1. The Hall–Kier alpha value is -2.87. The highest BCUT2D eigenvalue weighted by Gasteiger charge is 2.08. The van der Waals surface area contributed by atoms with Crippen LogP contribution in [0, 0.1) is 11.3 Å². The van der Waals surface area contributed by atoms with Crippen molar-refractivity contribution in [1.82, 2.24) is 14.9 Å². The van der Waals surface area contributed by atoms with Crippen molar-refractivity contribution in [3.8, 4) is 17.2 Å². The first-order valence-corrected chi connectivity index (χ1v) is 6.04. The SMILES string of the molecule is CN(C)C=Cc1[nH]c(=O)c(C#N)cc1-c1cccnc1. The zero-order valence-electron chi connectivity index (χ0n) is 11.3. The van der Waals surface area contributed by atoms with Crippen LogP contribution in [0.4, 0.5) is 0 Å². The van der Waals surface area contributed by atoms with Gasteiger partial charge in [0.05, 0.1) is 5.69 Å². The van der Waals surface area contributed by atoms with Gasteiger partial charge < -0.3 is 9.88 Å². The normalized spacial score (nSPS) is 10.4. The molecule has 1 N–H and O–H groups in total. The van der Waals surface area contributed by atoms with Gasteiger partial charge in [0.15, 0.2) is 0 Å². The van der Waals surface area contributed by atoms with Crippen molar-refractivity contribution in [2.75, 3.05) is 14.1 Å². The first kappa shape index (κ1) is 13.6. The van der Waals surface area contributed by atoms with Crippen molar-refractivity contribution in [3.63, 3.8) is 0 Å². The van der Waals surface area contributed by atoms with Gasteiger partial charge >= 0.3 is 0 Å². The van der Waals surface area contributed by atoms with E-state index in [2.05, 4.69) is 9.97 Å². The van der Waals surface area contributed by atoms with Crippen LogP contribution in [-0.4, -0.2) is 29.0 Å². The summed E-state index contributed by atoms with van der Waals surface area (Å²) in [5.74, 6) is 0. The summed E-state index contributed by atoms with van der Waals surface area (Å²) in [4.78, 5) is 20.4. The molecule has 2 aromatic heterocycles. The van der Waals surface area contributed by atoms with Gasteiger partial charge in [-0.3, -0.25) is 9.78 Å². The summed E-state index contributed by atoms with van der Waals surface area (Å²) in [7, 11) is 3.78. The number of nitriles is 1. The average molecular weight is 266 g/mol. The van der Waals surface area contributed by atoms with Gasteiger partial charge in [-0.1, -0.05) is 6.07 Å². The van der Waals surface area contributed by atoms with Gasteiger partial charge in [-0.05, 0) is 18.2 Å². The summed E-state index contributed by atoms with van der Waals surface area (Å²) >= 11 is 0. The molecule has 5 nitrogen and oxygen atoms in total. The highest BCUT2D eigenvalue weighted by Crippen LogP contribution is 2.22. The van der Waals surface area contributed by atoms with Gasteiger partial charge in [-0.2, -0.15) is 5.26 Å². The third-order valence-electron chi connectivity index (χ3n) is 2.70. The molecule has 0 aliphatic rings. The lowest BCUT2D eigenvalue weighted by molar-refractivity contribution is 0.567. The average Bonchev–Trinajstić information content (AvgIpc) is 2.46. The fourth-order valence-electron chi connectivity index (χ4n) is 1.74. The molecule has 0 fully saturated rings. The summed E-state index contributed by atoms with van der Waals surface area (Å²) in [5, 5.41) is 8.99. The Balaban J connectivity index is 2.64. The number of rotatable bonds is 3. The highest BCUT2D eigenvalue weighted by molar-refractivity contribution is 5.73. The Morgan fingerprint density at radius 2 is 2.25 bits per heavy atom. The molecule has 0 aromatic carbocycles. The molecule has 0 bridgehead atoms. The van der Waals surface area contributed by atoms with E-state index in [0.29, 0.717) is 5.69 Å². The Morgan fingerprint density at radius 1 is 1.45 bits per heavy atom. The van der Waals surface area contributed by atoms with Gasteiger partial charge in [-0.25, -0.2) is 0 Å². The minimum Gasteiger partial charge on any atom is -0.383 e. The zero-order chi connectivity index (χ0) is 14.5. The van der Waals surface area contributed by atoms with E-state index in [1.165, 1.54) is 0 Å². The maximum absolute atomic E-state index is 11.8. The lowest BCUT2D eigenvalue weighted by Crippen LogP contribution is -2.12. The van der Waals surface area contributed by atoms with Crippen LogP contribution in [-0.2, 0) is 0 Å². The number of nitrogens with zero attached hydrogens (tertiary/aromatic N) is 3. The van der Waals surface area contributed by atoms with Crippen molar-refractivity contribution in [3.05, 3.63) is 58.4 Å². The minimum atomic E-state index is -0.390. The predicted molar refractivity (Wildman–Crippen MR) is 77.7 cm³/mol. The maximum Gasteiger partial charge on any atom is 0.266 e. The van der Waals surface area contributed by atoms with E-state index in [4.69, 9.17) is 5.26 Å². The Kier molecular flexibility index (Phi) is 3.96. The van der Waals surface area contributed by atoms with E-state index >= 15 is 0 Å². The van der Waals surface area contributed by atoms with Crippen LogP contribution in [0.5, 0.6) is 0 Å². The molecule has 0 saturated carbocycles. The number of aromatic nitrogens is 2. The zero-order valence-corrected chi connectivity index (χ0v) is 11.3. The number of hydrogen-bond acceptors (Lipinski definition) is 4. The van der Waals surface area contributed by atoms with E-state index < -0.39 is 5.56 Å². The summed E-state index contributed by atoms with van der Waals surface area (Å²) in [6.45, 7) is 0. The summed E-state index contributed by atoms with van der Waals surface area (Å²) in [6, 6.07) is 7.18. The number of H-pyrrole nitrogens is 1. The molecule has 20 heavy (non-hydrogen) atoms. The van der Waals surface area contributed by atoms with E-state index in [1.807, 2.05) is 43.4 Å². The second-order valence-corrected chi connectivity index (χ2v) is 4.47. The standard InChI is InChI=1S/C15H14N4O/c1-19(2)7-5-14-13(11-4-3-6-17-10-11)8-12(9-16)15(20)18-14/h3-8,10H,1-2H3,(H,18,20). The molecule has 2 heterocycles.